The van der Waals surface area contributed by atoms with E-state index in [-0.39, 0.29) is 10.8 Å². The van der Waals surface area contributed by atoms with Gasteiger partial charge in [0, 0.05) is 0 Å². The van der Waals surface area contributed by atoms with Crippen LogP contribution < -0.4 is 4.72 Å². The van der Waals surface area contributed by atoms with Crippen LogP contribution in [0.15, 0.2) is 0 Å². The maximum Gasteiger partial charge on any atom is 0.0981 e. The average molecular weight is 199 g/mol. The van der Waals surface area contributed by atoms with E-state index in [2.05, 4.69) is 10.6 Å². The molecule has 0 bridgehead atoms. The monoisotopic (exact) mass is 199 g/mol. The van der Waals surface area contributed by atoms with Crippen LogP contribution in [0.1, 0.15) is 33.6 Å². The van der Waals surface area contributed by atoms with Gasteiger partial charge in [0.25, 0.3) is 0 Å². The smallest absolute Gasteiger partial charge is 0.0981 e. The number of nitrogens with one attached hydrogen (secondary N) is 1. The maximum absolute atomic E-state index is 11.7. The van der Waals surface area contributed by atoms with Crippen LogP contribution >= 0.6 is 0 Å². The van der Waals surface area contributed by atoms with Gasteiger partial charge < -0.3 is 0 Å². The molecule has 13 heavy (non-hydrogen) atoms. The van der Waals surface area contributed by atoms with E-state index in [0.717, 1.165) is 0 Å². The van der Waals surface area contributed by atoms with Crippen molar-refractivity contribution in [2.24, 2.45) is 5.92 Å². The molecule has 0 aromatic rings. The highest BCUT2D eigenvalue weighted by Gasteiger charge is 2.32. The minimum absolute atomic E-state index is 0.0000540. The van der Waals surface area contributed by atoms with Crippen LogP contribution in [0, 0.1) is 18.3 Å². The Labute approximate surface area is 83.1 Å². The van der Waals surface area contributed by atoms with E-state index in [1.165, 1.54) is 12.8 Å². The molecule has 3 heteroatoms. The molecule has 2 atom stereocenters. The van der Waals surface area contributed by atoms with Gasteiger partial charge in [-0.15, -0.1) is 6.42 Å². The topological polar surface area (TPSA) is 29.1 Å². The van der Waals surface area contributed by atoms with Crippen LogP contribution in [0.25, 0.3) is 0 Å². The number of terminal acetylenes is 1. The minimum Gasteiger partial charge on any atom is -0.242 e. The quantitative estimate of drug-likeness (QED) is 0.685. The average Bonchev–Trinajstić information content (AvgIpc) is 2.80. The fourth-order valence-electron chi connectivity index (χ4n) is 0.988. The third-order valence-electron chi connectivity index (χ3n) is 2.06. The first kappa shape index (κ1) is 10.7. The molecule has 1 aliphatic carbocycles. The van der Waals surface area contributed by atoms with Crippen molar-refractivity contribution in [3.8, 4) is 12.3 Å². The molecule has 0 saturated heterocycles. The highest BCUT2D eigenvalue weighted by molar-refractivity contribution is 7.84. The zero-order valence-corrected chi connectivity index (χ0v) is 9.28. The summed E-state index contributed by atoms with van der Waals surface area (Å²) in [6, 6.07) is 0.0000540. The van der Waals surface area contributed by atoms with Gasteiger partial charge in [0.05, 0.1) is 21.8 Å². The molecule has 1 rings (SSSR count). The Morgan fingerprint density at radius 2 is 2.08 bits per heavy atom. The van der Waals surface area contributed by atoms with E-state index in [1.807, 2.05) is 20.8 Å². The summed E-state index contributed by atoms with van der Waals surface area (Å²) < 4.78 is 14.4. The number of hydrogen-bond donors (Lipinski definition) is 1. The van der Waals surface area contributed by atoms with Crippen molar-refractivity contribution < 1.29 is 4.21 Å². The van der Waals surface area contributed by atoms with E-state index in [4.69, 9.17) is 6.42 Å². The van der Waals surface area contributed by atoms with Gasteiger partial charge >= 0.3 is 0 Å². The lowest BCUT2D eigenvalue weighted by Gasteiger charge is -2.21. The van der Waals surface area contributed by atoms with Crippen LogP contribution in [-0.4, -0.2) is 15.0 Å². The Kier molecular flexibility index (Phi) is 3.15. The molecule has 1 aliphatic rings. The van der Waals surface area contributed by atoms with Crippen molar-refractivity contribution >= 4 is 11.0 Å². The standard InChI is InChI=1S/C10H17NOS/c1-5-9(8-6-7-8)11-13(12)10(2,3)4/h1,8-9,11H,6-7H2,2-4H3. The summed E-state index contributed by atoms with van der Waals surface area (Å²) in [5.41, 5.74) is 0. The first-order valence-corrected chi connectivity index (χ1v) is 5.74. The second-order valence-electron chi connectivity index (χ2n) is 4.48. The molecule has 0 aromatic heterocycles. The van der Waals surface area contributed by atoms with Gasteiger partial charge in [0.15, 0.2) is 0 Å². The van der Waals surface area contributed by atoms with Crippen molar-refractivity contribution in [3.05, 3.63) is 0 Å². The van der Waals surface area contributed by atoms with Crippen LogP contribution in [0.4, 0.5) is 0 Å². The molecule has 0 radical (unpaired) electrons. The Balaban J connectivity index is 2.47. The van der Waals surface area contributed by atoms with E-state index in [1.54, 1.807) is 0 Å². The van der Waals surface area contributed by atoms with Gasteiger partial charge in [-0.05, 0) is 39.5 Å². The molecular weight excluding hydrogens is 182 g/mol. The fourth-order valence-corrected chi connectivity index (χ4v) is 1.83. The molecule has 1 saturated carbocycles. The lowest BCUT2D eigenvalue weighted by molar-refractivity contribution is 0.606. The SMILES string of the molecule is C#CC(NS(=O)C(C)(C)C)C1CC1. The third-order valence-corrected chi connectivity index (χ3v) is 3.64. The minimum atomic E-state index is -1.04. The van der Waals surface area contributed by atoms with Crippen LogP contribution in [-0.2, 0) is 11.0 Å². The second kappa shape index (κ2) is 3.81. The summed E-state index contributed by atoms with van der Waals surface area (Å²) in [6.45, 7) is 5.82. The first-order chi connectivity index (χ1) is 5.95. The van der Waals surface area contributed by atoms with Gasteiger partial charge in [-0.1, -0.05) is 5.92 Å². The predicted octanol–water partition coefficient (Wildman–Crippen LogP) is 1.45. The van der Waals surface area contributed by atoms with Crippen LogP contribution in [0.3, 0.4) is 0 Å². The first-order valence-electron chi connectivity index (χ1n) is 4.59. The molecule has 0 aromatic carbocycles. The molecular formula is C10H17NOS. The summed E-state index contributed by atoms with van der Waals surface area (Å²) in [4.78, 5) is 0. The maximum atomic E-state index is 11.7. The summed E-state index contributed by atoms with van der Waals surface area (Å²) in [5, 5.41) is 0. The Bertz CT molecular complexity index is 245. The largest absolute Gasteiger partial charge is 0.242 e. The van der Waals surface area contributed by atoms with Gasteiger partial charge in [0.2, 0.25) is 0 Å². The molecule has 1 fully saturated rings. The van der Waals surface area contributed by atoms with Crippen molar-refractivity contribution in [3.63, 3.8) is 0 Å². The zero-order chi connectivity index (χ0) is 10.1. The summed E-state index contributed by atoms with van der Waals surface area (Å²) in [5.74, 6) is 3.21. The van der Waals surface area contributed by atoms with Gasteiger partial charge in [-0.2, -0.15) is 0 Å². The molecule has 1 N–H and O–H groups in total. The molecule has 0 heterocycles. The lowest BCUT2D eigenvalue weighted by Crippen LogP contribution is -2.40. The molecule has 2 nitrogen and oxygen atoms in total. The summed E-state index contributed by atoms with van der Waals surface area (Å²) in [6.07, 6.45) is 7.70. The molecule has 0 amide bonds. The Hall–Kier alpha value is -0.330. The second-order valence-corrected chi connectivity index (χ2v) is 6.48. The Morgan fingerprint density at radius 3 is 2.38 bits per heavy atom. The number of rotatable bonds is 3. The molecule has 0 aliphatic heterocycles. The number of hydrogen-bond acceptors (Lipinski definition) is 1. The lowest BCUT2D eigenvalue weighted by atomic mass is 10.2. The van der Waals surface area contributed by atoms with E-state index < -0.39 is 11.0 Å². The molecule has 0 spiro atoms. The zero-order valence-electron chi connectivity index (χ0n) is 8.46. The Morgan fingerprint density at radius 1 is 1.54 bits per heavy atom. The highest BCUT2D eigenvalue weighted by Crippen LogP contribution is 2.32. The summed E-state index contributed by atoms with van der Waals surface area (Å²) in [7, 11) is -1.04. The van der Waals surface area contributed by atoms with Crippen molar-refractivity contribution in [1.29, 1.82) is 0 Å². The summed E-state index contributed by atoms with van der Waals surface area (Å²) >= 11 is 0. The molecule has 2 unspecified atom stereocenters. The normalized spacial score (nSPS) is 22.0. The fraction of sp³-hybridized carbons (Fsp3) is 0.800. The van der Waals surface area contributed by atoms with Gasteiger partial charge in [-0.3, -0.25) is 0 Å². The highest BCUT2D eigenvalue weighted by atomic mass is 32.2. The third kappa shape index (κ3) is 3.13. The van der Waals surface area contributed by atoms with Crippen molar-refractivity contribution in [1.82, 2.24) is 4.72 Å². The van der Waals surface area contributed by atoms with Crippen molar-refractivity contribution in [2.75, 3.05) is 0 Å². The van der Waals surface area contributed by atoms with E-state index >= 15 is 0 Å². The predicted molar refractivity (Wildman–Crippen MR) is 56.4 cm³/mol. The van der Waals surface area contributed by atoms with Crippen LogP contribution in [0.5, 0.6) is 0 Å². The van der Waals surface area contributed by atoms with Crippen LogP contribution in [0.2, 0.25) is 0 Å². The van der Waals surface area contributed by atoms with Gasteiger partial charge in [0.1, 0.15) is 0 Å². The molecule has 74 valence electrons. The van der Waals surface area contributed by atoms with E-state index in [9.17, 15) is 4.21 Å². The van der Waals surface area contributed by atoms with Gasteiger partial charge in [-0.25, -0.2) is 8.93 Å². The van der Waals surface area contributed by atoms with Crippen molar-refractivity contribution in [2.45, 2.75) is 44.4 Å². The van der Waals surface area contributed by atoms with E-state index in [0.29, 0.717) is 5.92 Å².